The Morgan fingerprint density at radius 2 is 2.13 bits per heavy atom. The van der Waals surface area contributed by atoms with Gasteiger partial charge in [-0.05, 0) is 18.6 Å². The Morgan fingerprint density at radius 1 is 1.53 bits per heavy atom. The topological polar surface area (TPSA) is 72.2 Å². The Bertz CT molecular complexity index is 432. The van der Waals surface area contributed by atoms with E-state index in [1.807, 2.05) is 0 Å². The van der Waals surface area contributed by atoms with Crippen LogP contribution in [0.1, 0.15) is 12.5 Å². The van der Waals surface area contributed by atoms with Crippen LogP contribution in [0.25, 0.3) is 0 Å². The molecule has 80 valence electrons. The Labute approximate surface area is 94.8 Å². The second-order valence-electron chi connectivity index (χ2n) is 3.06. The average molecular weight is 273 g/mol. The number of amides is 1. The van der Waals surface area contributed by atoms with Gasteiger partial charge in [0.25, 0.3) is 5.69 Å². The summed E-state index contributed by atoms with van der Waals surface area (Å²) in [6.45, 7) is 3.10. The number of aryl methyl sites for hydroxylation is 1. The number of carbonyl (C=O) groups is 1. The number of halogens is 1. The lowest BCUT2D eigenvalue weighted by Crippen LogP contribution is -2.08. The predicted molar refractivity (Wildman–Crippen MR) is 59.8 cm³/mol. The summed E-state index contributed by atoms with van der Waals surface area (Å²) in [7, 11) is 0. The first-order valence-corrected chi connectivity index (χ1v) is 4.93. The van der Waals surface area contributed by atoms with Crippen LogP contribution in [0.5, 0.6) is 0 Å². The number of nitro benzene ring substituents is 1. The van der Waals surface area contributed by atoms with E-state index in [9.17, 15) is 14.9 Å². The molecule has 6 heteroatoms. The molecule has 0 aliphatic carbocycles. The number of rotatable bonds is 2. The molecule has 1 aromatic rings. The largest absolute Gasteiger partial charge is 0.321 e. The molecule has 0 spiro atoms. The lowest BCUT2D eigenvalue weighted by atomic mass is 10.2. The van der Waals surface area contributed by atoms with Gasteiger partial charge in [0.1, 0.15) is 5.69 Å². The van der Waals surface area contributed by atoms with Gasteiger partial charge in [0.05, 0.1) is 4.92 Å². The molecular weight excluding hydrogens is 264 g/mol. The molecule has 0 aliphatic rings. The van der Waals surface area contributed by atoms with Crippen molar-refractivity contribution in [3.05, 3.63) is 32.3 Å². The number of nitrogens with one attached hydrogen (secondary N) is 1. The van der Waals surface area contributed by atoms with Crippen molar-refractivity contribution in [1.82, 2.24) is 0 Å². The first-order chi connectivity index (χ1) is 6.91. The minimum absolute atomic E-state index is 0.123. The van der Waals surface area contributed by atoms with Gasteiger partial charge >= 0.3 is 0 Å². The maximum absolute atomic E-state index is 10.8. The quantitative estimate of drug-likeness (QED) is 0.665. The van der Waals surface area contributed by atoms with E-state index in [-0.39, 0.29) is 17.3 Å². The number of hydrogen-bond acceptors (Lipinski definition) is 3. The zero-order chi connectivity index (χ0) is 11.6. The molecule has 0 radical (unpaired) electrons. The third-order valence-corrected chi connectivity index (χ3v) is 2.64. The van der Waals surface area contributed by atoms with Gasteiger partial charge in [0.2, 0.25) is 5.91 Å². The van der Waals surface area contributed by atoms with Gasteiger partial charge in [-0.15, -0.1) is 0 Å². The second kappa shape index (κ2) is 4.39. The number of nitro groups is 1. The van der Waals surface area contributed by atoms with Crippen LogP contribution >= 0.6 is 15.9 Å². The van der Waals surface area contributed by atoms with E-state index in [1.54, 1.807) is 13.0 Å². The third-order valence-electron chi connectivity index (χ3n) is 1.78. The highest BCUT2D eigenvalue weighted by atomic mass is 79.9. The van der Waals surface area contributed by atoms with Crippen molar-refractivity contribution in [3.8, 4) is 0 Å². The smallest absolute Gasteiger partial charge is 0.293 e. The summed E-state index contributed by atoms with van der Waals surface area (Å²) in [5, 5.41) is 13.1. The minimum atomic E-state index is -0.532. The molecule has 0 aliphatic heterocycles. The van der Waals surface area contributed by atoms with E-state index in [1.165, 1.54) is 13.0 Å². The van der Waals surface area contributed by atoms with Crippen molar-refractivity contribution < 1.29 is 9.72 Å². The Kier molecular flexibility index (Phi) is 3.41. The number of anilines is 1. The molecule has 0 fully saturated rings. The molecular formula is C9H9BrN2O3. The van der Waals surface area contributed by atoms with Crippen LogP contribution in [0.4, 0.5) is 11.4 Å². The first kappa shape index (κ1) is 11.6. The van der Waals surface area contributed by atoms with Gasteiger partial charge in [-0.1, -0.05) is 15.9 Å². The number of benzene rings is 1. The zero-order valence-corrected chi connectivity index (χ0v) is 9.79. The molecule has 1 N–H and O–H groups in total. The highest BCUT2D eigenvalue weighted by Gasteiger charge is 2.16. The van der Waals surface area contributed by atoms with Crippen LogP contribution in [-0.4, -0.2) is 10.8 Å². The molecule has 0 bridgehead atoms. The number of carbonyl (C=O) groups excluding carboxylic acids is 1. The summed E-state index contributed by atoms with van der Waals surface area (Å²) in [6.07, 6.45) is 0. The Balaban J connectivity index is 3.28. The van der Waals surface area contributed by atoms with Gasteiger partial charge in [0, 0.05) is 17.5 Å². The van der Waals surface area contributed by atoms with Gasteiger partial charge in [-0.2, -0.15) is 0 Å². The lowest BCUT2D eigenvalue weighted by Gasteiger charge is -2.06. The normalized spacial score (nSPS) is 9.80. The molecule has 15 heavy (non-hydrogen) atoms. The summed E-state index contributed by atoms with van der Waals surface area (Å²) < 4.78 is 0.642. The van der Waals surface area contributed by atoms with Crippen LogP contribution in [0.15, 0.2) is 16.6 Å². The standard InChI is InChI=1S/C9H9BrN2O3/c1-5-3-8(11-6(2)13)9(12(14)15)4-7(5)10/h3-4H,1-2H3,(H,11,13). The van der Waals surface area contributed by atoms with Crippen LogP contribution in [0.3, 0.4) is 0 Å². The Morgan fingerprint density at radius 3 is 2.60 bits per heavy atom. The molecule has 0 saturated carbocycles. The zero-order valence-electron chi connectivity index (χ0n) is 8.20. The monoisotopic (exact) mass is 272 g/mol. The number of hydrogen-bond donors (Lipinski definition) is 1. The molecule has 1 rings (SSSR count). The maximum Gasteiger partial charge on any atom is 0.293 e. The van der Waals surface area contributed by atoms with Crippen LogP contribution in [-0.2, 0) is 4.79 Å². The maximum atomic E-state index is 10.8. The van der Waals surface area contributed by atoms with Gasteiger partial charge in [0.15, 0.2) is 0 Å². The molecule has 1 amide bonds. The fourth-order valence-corrected chi connectivity index (χ4v) is 1.44. The fraction of sp³-hybridized carbons (Fsp3) is 0.222. The minimum Gasteiger partial charge on any atom is -0.321 e. The molecule has 0 unspecified atom stereocenters. The fourth-order valence-electron chi connectivity index (χ4n) is 1.11. The van der Waals surface area contributed by atoms with Gasteiger partial charge < -0.3 is 5.32 Å². The molecule has 5 nitrogen and oxygen atoms in total. The first-order valence-electron chi connectivity index (χ1n) is 4.14. The second-order valence-corrected chi connectivity index (χ2v) is 3.91. The molecule has 1 aromatic carbocycles. The van der Waals surface area contributed by atoms with Crippen LogP contribution in [0.2, 0.25) is 0 Å². The summed E-state index contributed by atoms with van der Waals surface area (Å²) in [4.78, 5) is 21.0. The van der Waals surface area contributed by atoms with E-state index >= 15 is 0 Å². The van der Waals surface area contributed by atoms with Crippen LogP contribution in [0, 0.1) is 17.0 Å². The van der Waals surface area contributed by atoms with Crippen molar-refractivity contribution in [3.63, 3.8) is 0 Å². The van der Waals surface area contributed by atoms with Crippen molar-refractivity contribution in [1.29, 1.82) is 0 Å². The number of nitrogens with zero attached hydrogens (tertiary/aromatic N) is 1. The van der Waals surface area contributed by atoms with E-state index < -0.39 is 4.92 Å². The van der Waals surface area contributed by atoms with Crippen molar-refractivity contribution in [2.75, 3.05) is 5.32 Å². The molecule has 0 heterocycles. The van der Waals surface area contributed by atoms with Crippen LogP contribution < -0.4 is 5.32 Å². The van der Waals surface area contributed by atoms with E-state index in [2.05, 4.69) is 21.2 Å². The van der Waals surface area contributed by atoms with Crippen molar-refractivity contribution >= 4 is 33.2 Å². The summed E-state index contributed by atoms with van der Waals surface area (Å²) in [5.41, 5.74) is 0.917. The van der Waals surface area contributed by atoms with E-state index in [0.717, 1.165) is 5.56 Å². The average Bonchev–Trinajstić information content (AvgIpc) is 2.09. The SMILES string of the molecule is CC(=O)Nc1cc(C)c(Br)cc1[N+](=O)[O-]. The lowest BCUT2D eigenvalue weighted by molar-refractivity contribution is -0.384. The summed E-state index contributed by atoms with van der Waals surface area (Å²) >= 11 is 3.20. The third kappa shape index (κ3) is 2.76. The van der Waals surface area contributed by atoms with Crippen molar-refractivity contribution in [2.45, 2.75) is 13.8 Å². The van der Waals surface area contributed by atoms with E-state index in [0.29, 0.717) is 4.47 Å². The summed E-state index contributed by atoms with van der Waals surface area (Å²) in [5.74, 6) is -0.333. The summed E-state index contributed by atoms with van der Waals surface area (Å²) in [6, 6.07) is 2.93. The van der Waals surface area contributed by atoms with Gasteiger partial charge in [-0.3, -0.25) is 14.9 Å². The van der Waals surface area contributed by atoms with E-state index in [4.69, 9.17) is 0 Å². The highest BCUT2D eigenvalue weighted by Crippen LogP contribution is 2.30. The van der Waals surface area contributed by atoms with Crippen molar-refractivity contribution in [2.24, 2.45) is 0 Å². The predicted octanol–water partition coefficient (Wildman–Crippen LogP) is 2.62. The molecule has 0 saturated heterocycles. The Hall–Kier alpha value is -1.43. The molecule has 0 aromatic heterocycles. The van der Waals surface area contributed by atoms with Gasteiger partial charge in [-0.25, -0.2) is 0 Å². The molecule has 0 atom stereocenters. The highest BCUT2D eigenvalue weighted by molar-refractivity contribution is 9.10.